The van der Waals surface area contributed by atoms with E-state index in [1.54, 1.807) is 55.5 Å². The van der Waals surface area contributed by atoms with E-state index in [0.29, 0.717) is 27.7 Å². The largest absolute Gasteiger partial charge is 0.422 e. The molecule has 0 spiro atoms. The summed E-state index contributed by atoms with van der Waals surface area (Å²) < 4.78 is 5.23. The number of anilines is 1. The molecule has 0 saturated carbocycles. The Morgan fingerprint density at radius 1 is 1.00 bits per heavy atom. The highest BCUT2D eigenvalue weighted by atomic mass is 35.5. The second-order valence-corrected chi connectivity index (χ2v) is 5.80. The summed E-state index contributed by atoms with van der Waals surface area (Å²) >= 11 is 6.01. The smallest absolute Gasteiger partial charge is 0.363 e. The van der Waals surface area contributed by atoms with Crippen molar-refractivity contribution in [3.63, 3.8) is 0 Å². The van der Waals surface area contributed by atoms with Crippen LogP contribution in [0.5, 0.6) is 5.75 Å². The summed E-state index contributed by atoms with van der Waals surface area (Å²) in [7, 11) is 0. The van der Waals surface area contributed by atoms with Crippen molar-refractivity contribution < 1.29 is 14.3 Å². The maximum absolute atomic E-state index is 12.2. The number of hydrogen-bond acceptors (Lipinski definition) is 5. The van der Waals surface area contributed by atoms with E-state index in [0.717, 1.165) is 0 Å². The molecule has 0 unspecified atom stereocenters. The second kappa shape index (κ2) is 7.76. The normalized spacial score (nSPS) is 10.2. The van der Waals surface area contributed by atoms with Crippen molar-refractivity contribution in [2.24, 2.45) is 0 Å². The Labute approximate surface area is 154 Å². The molecular formula is C19H14ClN3O3. The summed E-state index contributed by atoms with van der Waals surface area (Å²) in [5.74, 6) is -0.603. The summed E-state index contributed by atoms with van der Waals surface area (Å²) in [6.45, 7) is 1.78. The molecule has 0 aliphatic carbocycles. The number of nitrogens with zero attached hydrogens (tertiary/aromatic N) is 2. The molecule has 26 heavy (non-hydrogen) atoms. The van der Waals surface area contributed by atoms with Gasteiger partial charge in [-0.2, -0.15) is 0 Å². The SMILES string of the molecule is Cc1cnc(C(=O)Oc2ccc(NC(=O)c3ccccc3Cl)cc2)cn1. The van der Waals surface area contributed by atoms with Gasteiger partial charge in [-0.15, -0.1) is 0 Å². The van der Waals surface area contributed by atoms with Gasteiger partial charge >= 0.3 is 5.97 Å². The van der Waals surface area contributed by atoms with Crippen LogP contribution in [0.25, 0.3) is 0 Å². The van der Waals surface area contributed by atoms with Gasteiger partial charge in [0.1, 0.15) is 5.75 Å². The first-order valence-electron chi connectivity index (χ1n) is 7.70. The summed E-state index contributed by atoms with van der Waals surface area (Å²) in [6, 6.07) is 13.2. The van der Waals surface area contributed by atoms with E-state index in [-0.39, 0.29) is 11.6 Å². The van der Waals surface area contributed by atoms with Gasteiger partial charge < -0.3 is 10.1 Å². The number of esters is 1. The van der Waals surface area contributed by atoms with Crippen LogP contribution in [0, 0.1) is 6.92 Å². The third-order valence-corrected chi connectivity index (χ3v) is 3.76. The average Bonchev–Trinajstić information content (AvgIpc) is 2.64. The molecule has 0 fully saturated rings. The molecular weight excluding hydrogens is 354 g/mol. The van der Waals surface area contributed by atoms with Crippen molar-refractivity contribution in [2.75, 3.05) is 5.32 Å². The number of benzene rings is 2. The Morgan fingerprint density at radius 3 is 2.38 bits per heavy atom. The fourth-order valence-electron chi connectivity index (χ4n) is 2.11. The van der Waals surface area contributed by atoms with Gasteiger partial charge in [-0.1, -0.05) is 23.7 Å². The van der Waals surface area contributed by atoms with Crippen LogP contribution in [0.1, 0.15) is 26.5 Å². The van der Waals surface area contributed by atoms with Gasteiger partial charge in [-0.05, 0) is 43.3 Å². The molecule has 130 valence electrons. The molecule has 1 N–H and O–H groups in total. The van der Waals surface area contributed by atoms with Crippen LogP contribution in [0.15, 0.2) is 60.9 Å². The van der Waals surface area contributed by atoms with Crippen molar-refractivity contribution in [3.05, 3.63) is 82.9 Å². The molecule has 0 aliphatic heterocycles. The molecule has 6 nitrogen and oxygen atoms in total. The van der Waals surface area contributed by atoms with Gasteiger partial charge in [0.15, 0.2) is 5.69 Å². The first kappa shape index (κ1) is 17.6. The number of nitrogens with one attached hydrogen (secondary N) is 1. The Morgan fingerprint density at radius 2 is 1.73 bits per heavy atom. The number of aromatic nitrogens is 2. The van der Waals surface area contributed by atoms with E-state index in [9.17, 15) is 9.59 Å². The first-order valence-corrected chi connectivity index (χ1v) is 8.07. The van der Waals surface area contributed by atoms with Crippen LogP contribution in [-0.2, 0) is 0 Å². The lowest BCUT2D eigenvalue weighted by atomic mass is 10.2. The van der Waals surface area contributed by atoms with Gasteiger partial charge in [0, 0.05) is 11.9 Å². The van der Waals surface area contributed by atoms with E-state index in [4.69, 9.17) is 16.3 Å². The average molecular weight is 368 g/mol. The lowest BCUT2D eigenvalue weighted by Gasteiger charge is -2.08. The molecule has 0 bridgehead atoms. The zero-order valence-corrected chi connectivity index (χ0v) is 14.5. The molecule has 3 aromatic rings. The minimum atomic E-state index is -0.606. The molecule has 3 rings (SSSR count). The Bertz CT molecular complexity index is 941. The summed E-state index contributed by atoms with van der Waals surface area (Å²) in [5, 5.41) is 3.10. The molecule has 1 amide bonds. The highest BCUT2D eigenvalue weighted by Gasteiger charge is 2.12. The molecule has 0 aliphatic rings. The van der Waals surface area contributed by atoms with Crippen LogP contribution in [0.4, 0.5) is 5.69 Å². The van der Waals surface area contributed by atoms with Crippen molar-refractivity contribution in [3.8, 4) is 5.75 Å². The number of hydrogen-bond donors (Lipinski definition) is 1. The third kappa shape index (κ3) is 4.23. The third-order valence-electron chi connectivity index (χ3n) is 3.43. The minimum absolute atomic E-state index is 0.117. The van der Waals surface area contributed by atoms with E-state index in [2.05, 4.69) is 15.3 Å². The van der Waals surface area contributed by atoms with E-state index < -0.39 is 5.97 Å². The second-order valence-electron chi connectivity index (χ2n) is 5.39. The number of ether oxygens (including phenoxy) is 1. The van der Waals surface area contributed by atoms with Crippen molar-refractivity contribution in [1.29, 1.82) is 0 Å². The molecule has 2 aromatic carbocycles. The number of aryl methyl sites for hydroxylation is 1. The number of halogens is 1. The molecule has 0 radical (unpaired) electrons. The number of rotatable bonds is 4. The standard InChI is InChI=1S/C19H14ClN3O3/c1-12-10-22-17(11-21-12)19(25)26-14-8-6-13(7-9-14)23-18(24)15-4-2-3-5-16(15)20/h2-11H,1H3,(H,23,24). The highest BCUT2D eigenvalue weighted by molar-refractivity contribution is 6.34. The minimum Gasteiger partial charge on any atom is -0.422 e. The predicted molar refractivity (Wildman–Crippen MR) is 97.6 cm³/mol. The predicted octanol–water partition coefficient (Wildman–Crippen LogP) is 3.91. The maximum Gasteiger partial charge on any atom is 0.363 e. The zero-order chi connectivity index (χ0) is 18.5. The Balaban J connectivity index is 1.65. The molecule has 0 atom stereocenters. The maximum atomic E-state index is 12.2. The van der Waals surface area contributed by atoms with E-state index in [1.165, 1.54) is 12.4 Å². The van der Waals surface area contributed by atoms with E-state index >= 15 is 0 Å². The van der Waals surface area contributed by atoms with Gasteiger partial charge in [0.25, 0.3) is 5.91 Å². The molecule has 1 heterocycles. The van der Waals surface area contributed by atoms with Crippen LogP contribution in [-0.4, -0.2) is 21.8 Å². The van der Waals surface area contributed by atoms with Crippen molar-refractivity contribution in [1.82, 2.24) is 9.97 Å². The lowest BCUT2D eigenvalue weighted by molar-refractivity contribution is 0.0727. The highest BCUT2D eigenvalue weighted by Crippen LogP contribution is 2.20. The van der Waals surface area contributed by atoms with Crippen molar-refractivity contribution in [2.45, 2.75) is 6.92 Å². The zero-order valence-electron chi connectivity index (χ0n) is 13.8. The number of carbonyl (C=O) groups is 2. The van der Waals surface area contributed by atoms with Crippen LogP contribution in [0.2, 0.25) is 5.02 Å². The summed E-state index contributed by atoms with van der Waals surface area (Å²) in [4.78, 5) is 32.2. The van der Waals surface area contributed by atoms with Gasteiger partial charge in [0.05, 0.1) is 22.5 Å². The van der Waals surface area contributed by atoms with Crippen LogP contribution < -0.4 is 10.1 Å². The number of carbonyl (C=O) groups excluding carboxylic acids is 2. The topological polar surface area (TPSA) is 81.2 Å². The molecule has 7 heteroatoms. The lowest BCUT2D eigenvalue weighted by Crippen LogP contribution is -2.13. The van der Waals surface area contributed by atoms with Gasteiger partial charge in [0.2, 0.25) is 0 Å². The molecule has 0 saturated heterocycles. The number of amides is 1. The Hall–Kier alpha value is -3.25. The Kier molecular flexibility index (Phi) is 5.24. The van der Waals surface area contributed by atoms with Crippen molar-refractivity contribution >= 4 is 29.2 Å². The van der Waals surface area contributed by atoms with E-state index in [1.807, 2.05) is 0 Å². The monoisotopic (exact) mass is 367 g/mol. The van der Waals surface area contributed by atoms with Gasteiger partial charge in [-0.3, -0.25) is 9.78 Å². The fourth-order valence-corrected chi connectivity index (χ4v) is 2.33. The summed E-state index contributed by atoms with van der Waals surface area (Å²) in [5.41, 5.74) is 1.75. The van der Waals surface area contributed by atoms with Crippen LogP contribution in [0.3, 0.4) is 0 Å². The first-order chi connectivity index (χ1) is 12.5. The van der Waals surface area contributed by atoms with Crippen LogP contribution >= 0.6 is 11.6 Å². The van der Waals surface area contributed by atoms with Gasteiger partial charge in [-0.25, -0.2) is 9.78 Å². The summed E-state index contributed by atoms with van der Waals surface area (Å²) in [6.07, 6.45) is 2.85. The molecule has 1 aromatic heterocycles. The fraction of sp³-hybridized carbons (Fsp3) is 0.0526. The quantitative estimate of drug-likeness (QED) is 0.558.